The van der Waals surface area contributed by atoms with Gasteiger partial charge in [0.15, 0.2) is 0 Å². The van der Waals surface area contributed by atoms with Crippen LogP contribution >= 0.6 is 11.8 Å². The van der Waals surface area contributed by atoms with E-state index >= 15 is 0 Å². The van der Waals surface area contributed by atoms with Gasteiger partial charge in [0, 0.05) is 11.2 Å². The minimum atomic E-state index is -1.10. The molecule has 2 saturated heterocycles. The van der Waals surface area contributed by atoms with Crippen LogP contribution in [0.1, 0.15) is 39.7 Å². The van der Waals surface area contributed by atoms with E-state index in [1.807, 2.05) is 13.8 Å². The highest BCUT2D eigenvalue weighted by Gasteiger charge is 2.64. The van der Waals surface area contributed by atoms with E-state index in [0.29, 0.717) is 18.3 Å². The molecular weight excluding hydrogens is 448 g/mol. The number of hydrogen-bond donors (Lipinski definition) is 3. The van der Waals surface area contributed by atoms with E-state index in [2.05, 4.69) is 5.32 Å². The van der Waals surface area contributed by atoms with Gasteiger partial charge < -0.3 is 25.2 Å². The molecule has 0 aliphatic carbocycles. The molecule has 0 radical (unpaired) electrons. The Hall–Kier alpha value is -2.75. The van der Waals surface area contributed by atoms with Gasteiger partial charge in [0.05, 0.1) is 12.5 Å². The molecule has 1 aromatic rings. The normalized spacial score (nSPS) is 24.1. The zero-order valence-corrected chi connectivity index (χ0v) is 19.9. The zero-order valence-electron chi connectivity index (χ0n) is 19.1. The van der Waals surface area contributed by atoms with E-state index in [1.165, 1.54) is 16.7 Å². The predicted molar refractivity (Wildman–Crippen MR) is 122 cm³/mol. The fourth-order valence-electron chi connectivity index (χ4n) is 4.12. The Morgan fingerprint density at radius 1 is 1.18 bits per heavy atom. The molecule has 2 amide bonds. The number of aliphatic carboxylic acids is 2. The highest BCUT2D eigenvalue weighted by atomic mass is 32.2. The second kappa shape index (κ2) is 9.62. The number of fused-ring (bicyclic) bond motifs is 1. The average molecular weight is 479 g/mol. The Bertz CT molecular complexity index is 931. The lowest BCUT2D eigenvalue weighted by Gasteiger charge is -2.43. The third-order valence-corrected chi connectivity index (χ3v) is 7.33. The molecule has 0 spiro atoms. The predicted octanol–water partition coefficient (Wildman–Crippen LogP) is 1.99. The second-order valence-corrected chi connectivity index (χ2v) is 11.2. The molecular formula is C23H30N2O7S. The van der Waals surface area contributed by atoms with Gasteiger partial charge in [-0.1, -0.05) is 26.0 Å². The molecule has 9 nitrogen and oxygen atoms in total. The number of ether oxygens (including phenoxy) is 1. The van der Waals surface area contributed by atoms with Crippen LogP contribution in [0.5, 0.6) is 5.75 Å². The molecule has 180 valence electrons. The molecule has 0 aromatic heterocycles. The number of carbonyl (C=O) groups is 4. The van der Waals surface area contributed by atoms with Crippen LogP contribution in [0.15, 0.2) is 24.3 Å². The number of nitrogens with one attached hydrogen (secondary N) is 1. The van der Waals surface area contributed by atoms with Crippen molar-refractivity contribution in [2.45, 2.75) is 62.7 Å². The van der Waals surface area contributed by atoms with Crippen LogP contribution in [0.3, 0.4) is 0 Å². The third-order valence-electron chi connectivity index (χ3n) is 5.76. The van der Waals surface area contributed by atoms with Crippen LogP contribution in [0.4, 0.5) is 0 Å². The first-order chi connectivity index (χ1) is 15.4. The smallest absolute Gasteiger partial charge is 0.327 e. The van der Waals surface area contributed by atoms with Crippen molar-refractivity contribution in [1.82, 2.24) is 10.2 Å². The molecule has 10 heteroatoms. The fraction of sp³-hybridized carbons (Fsp3) is 0.565. The first-order valence-electron chi connectivity index (χ1n) is 10.9. The molecule has 3 rings (SSSR count). The van der Waals surface area contributed by atoms with Crippen molar-refractivity contribution in [1.29, 1.82) is 0 Å². The molecule has 2 aliphatic rings. The Morgan fingerprint density at radius 2 is 1.82 bits per heavy atom. The maximum absolute atomic E-state index is 12.6. The first kappa shape index (κ1) is 24.9. The fourth-order valence-corrected chi connectivity index (χ4v) is 5.74. The average Bonchev–Trinajstić information content (AvgIpc) is 2.99. The largest absolute Gasteiger partial charge is 0.493 e. The van der Waals surface area contributed by atoms with Gasteiger partial charge in [-0.25, -0.2) is 4.79 Å². The summed E-state index contributed by atoms with van der Waals surface area (Å²) in [6, 6.07) is 5.29. The molecule has 0 bridgehead atoms. The summed E-state index contributed by atoms with van der Waals surface area (Å²) >= 11 is 1.32. The monoisotopic (exact) mass is 478 g/mol. The number of β-lactam (4-membered cyclic amide) rings is 1. The van der Waals surface area contributed by atoms with Crippen molar-refractivity contribution in [2.24, 2.45) is 11.8 Å². The summed E-state index contributed by atoms with van der Waals surface area (Å²) < 4.78 is 4.93. The number of hydrogen-bond acceptors (Lipinski definition) is 6. The van der Waals surface area contributed by atoms with Crippen molar-refractivity contribution in [2.75, 3.05) is 6.61 Å². The van der Waals surface area contributed by atoms with Gasteiger partial charge in [-0.05, 0) is 43.9 Å². The number of carbonyl (C=O) groups excluding carboxylic acids is 2. The number of carboxylic acids is 2. The summed E-state index contributed by atoms with van der Waals surface area (Å²) in [5, 5.41) is 21.2. The number of carboxylic acid groups (broad SMARTS) is 2. The molecule has 4 atom stereocenters. The number of rotatable bonds is 10. The van der Waals surface area contributed by atoms with Crippen molar-refractivity contribution in [3.05, 3.63) is 29.8 Å². The lowest BCUT2D eigenvalue weighted by molar-refractivity contribution is -0.161. The summed E-state index contributed by atoms with van der Waals surface area (Å²) in [4.78, 5) is 49.7. The highest BCUT2D eigenvalue weighted by molar-refractivity contribution is 8.01. The molecule has 2 fully saturated rings. The van der Waals surface area contributed by atoms with E-state index in [0.717, 1.165) is 5.56 Å². The standard InChI is InChI=1S/C23H30N2O7S/c1-12(2)11-32-15-7-5-13(6-8-15)9-14(21(28)29)10-16(26)24-17-19(27)25-18(22(30)31)23(3,4)33-20(17)25/h5-8,12,14,17-18,20H,9-11H2,1-4H3,(H,24,26)(H,28,29)(H,30,31)/t14?,17-,18+,20-/m1/s1. The quantitative estimate of drug-likeness (QED) is 0.435. The summed E-state index contributed by atoms with van der Waals surface area (Å²) in [7, 11) is 0. The molecule has 1 aromatic carbocycles. The van der Waals surface area contributed by atoms with Crippen LogP contribution in [-0.4, -0.2) is 67.7 Å². The Kier molecular flexibility index (Phi) is 7.26. The van der Waals surface area contributed by atoms with Gasteiger partial charge in [-0.15, -0.1) is 11.8 Å². The van der Waals surface area contributed by atoms with Crippen LogP contribution < -0.4 is 10.1 Å². The minimum absolute atomic E-state index is 0.157. The first-order valence-corrected chi connectivity index (χ1v) is 11.8. The molecule has 1 unspecified atom stereocenters. The zero-order chi connectivity index (χ0) is 24.5. The van der Waals surface area contributed by atoms with Crippen LogP contribution in [0.25, 0.3) is 0 Å². The van der Waals surface area contributed by atoms with E-state index < -0.39 is 51.9 Å². The lowest BCUT2D eigenvalue weighted by Crippen LogP contribution is -2.70. The minimum Gasteiger partial charge on any atom is -0.493 e. The number of nitrogens with zero attached hydrogens (tertiary/aromatic N) is 1. The van der Waals surface area contributed by atoms with Crippen molar-refractivity contribution >= 4 is 35.5 Å². The number of amides is 2. The van der Waals surface area contributed by atoms with E-state index in [4.69, 9.17) is 4.74 Å². The van der Waals surface area contributed by atoms with Gasteiger partial charge >= 0.3 is 11.9 Å². The molecule has 3 N–H and O–H groups in total. The van der Waals surface area contributed by atoms with Gasteiger partial charge in [0.25, 0.3) is 0 Å². The van der Waals surface area contributed by atoms with Gasteiger partial charge in [-0.3, -0.25) is 14.4 Å². The van der Waals surface area contributed by atoms with Crippen molar-refractivity contribution in [3.63, 3.8) is 0 Å². The van der Waals surface area contributed by atoms with Gasteiger partial charge in [0.2, 0.25) is 11.8 Å². The summed E-state index contributed by atoms with van der Waals surface area (Å²) in [5.74, 6) is -3.07. The van der Waals surface area contributed by atoms with Crippen LogP contribution in [0.2, 0.25) is 0 Å². The summed E-state index contributed by atoms with van der Waals surface area (Å²) in [6.45, 7) is 8.17. The highest BCUT2D eigenvalue weighted by Crippen LogP contribution is 2.50. The Labute approximate surface area is 196 Å². The van der Waals surface area contributed by atoms with Gasteiger partial charge in [-0.2, -0.15) is 0 Å². The van der Waals surface area contributed by atoms with Crippen molar-refractivity contribution in [3.8, 4) is 5.75 Å². The Balaban J connectivity index is 1.58. The topological polar surface area (TPSA) is 133 Å². The summed E-state index contributed by atoms with van der Waals surface area (Å²) in [6.07, 6.45) is -0.127. The van der Waals surface area contributed by atoms with Crippen molar-refractivity contribution < 1.29 is 34.1 Å². The SMILES string of the molecule is CC(C)COc1ccc(CC(CC(=O)N[C@@H]2C(=O)N3[C@@H]2SC(C)(C)[C@@H]3C(=O)O)C(=O)O)cc1. The molecule has 2 heterocycles. The van der Waals surface area contributed by atoms with Crippen LogP contribution in [-0.2, 0) is 25.6 Å². The van der Waals surface area contributed by atoms with Crippen LogP contribution in [0, 0.1) is 11.8 Å². The van der Waals surface area contributed by atoms with E-state index in [9.17, 15) is 29.4 Å². The molecule has 2 aliphatic heterocycles. The maximum Gasteiger partial charge on any atom is 0.327 e. The second-order valence-electron chi connectivity index (χ2n) is 9.44. The number of thioether (sulfide) groups is 1. The third kappa shape index (κ3) is 5.43. The number of benzene rings is 1. The van der Waals surface area contributed by atoms with Gasteiger partial charge in [0.1, 0.15) is 23.2 Å². The molecule has 33 heavy (non-hydrogen) atoms. The maximum atomic E-state index is 12.6. The molecule has 0 saturated carbocycles. The van der Waals surface area contributed by atoms with E-state index in [1.54, 1.807) is 38.1 Å². The Morgan fingerprint density at radius 3 is 2.36 bits per heavy atom. The van der Waals surface area contributed by atoms with E-state index in [-0.39, 0.29) is 12.8 Å². The summed E-state index contributed by atoms with van der Waals surface area (Å²) in [5.41, 5.74) is 0.760. The lowest BCUT2D eigenvalue weighted by atomic mass is 9.94.